The van der Waals surface area contributed by atoms with Crippen molar-refractivity contribution in [2.24, 2.45) is 0 Å². The highest BCUT2D eigenvalue weighted by Crippen LogP contribution is 2.75. The number of rotatable bonds is 6. The average Bonchev–Trinajstić information content (AvgIpc) is 3.33. The second kappa shape index (κ2) is 9.20. The molecule has 6 atom stereocenters. The van der Waals surface area contributed by atoms with Gasteiger partial charge in [-0.15, -0.1) is 0 Å². The zero-order valence-electron chi connectivity index (χ0n) is 16.9. The van der Waals surface area contributed by atoms with Crippen LogP contribution in [-0.2, 0) is 0 Å². The molecule has 2 fully saturated rings. The predicted octanol–water partition coefficient (Wildman–Crippen LogP) is 8.54. The molecule has 3 unspecified atom stereocenters. The van der Waals surface area contributed by atoms with E-state index in [0.717, 1.165) is 22.6 Å². The topological polar surface area (TPSA) is 0 Å². The first-order chi connectivity index (χ1) is 13.3. The van der Waals surface area contributed by atoms with E-state index in [4.69, 9.17) is 0 Å². The van der Waals surface area contributed by atoms with Gasteiger partial charge in [-0.3, -0.25) is 0 Å². The lowest BCUT2D eigenvalue weighted by atomic mass is 10.1. The maximum absolute atomic E-state index is 2.45. The molecule has 0 amide bonds. The highest BCUT2D eigenvalue weighted by atomic mass is 31.2. The van der Waals surface area contributed by atoms with E-state index in [2.05, 4.69) is 74.5 Å². The molecule has 2 aromatic rings. The Morgan fingerprint density at radius 1 is 0.630 bits per heavy atom. The van der Waals surface area contributed by atoms with Crippen LogP contribution in [-0.4, -0.2) is 17.2 Å². The van der Waals surface area contributed by atoms with Gasteiger partial charge in [0.2, 0.25) is 0 Å². The van der Waals surface area contributed by atoms with E-state index >= 15 is 0 Å². The number of hydrogen-bond donors (Lipinski definition) is 0. The van der Waals surface area contributed by atoms with Crippen molar-refractivity contribution < 1.29 is 0 Å². The molecule has 0 spiro atoms. The third kappa shape index (κ3) is 4.18. The highest BCUT2D eigenvalue weighted by Gasteiger charge is 2.42. The van der Waals surface area contributed by atoms with E-state index in [9.17, 15) is 0 Å². The van der Waals surface area contributed by atoms with Gasteiger partial charge < -0.3 is 0 Å². The van der Waals surface area contributed by atoms with Crippen LogP contribution in [0.25, 0.3) is 0 Å². The van der Waals surface area contributed by atoms with Gasteiger partial charge in [-0.25, -0.2) is 0 Å². The maximum Gasteiger partial charge on any atom is 0.00476 e. The summed E-state index contributed by atoms with van der Waals surface area (Å²) in [4.78, 5) is 0. The molecule has 2 aliphatic rings. The second-order valence-corrected chi connectivity index (χ2v) is 14.2. The number of hydrogen-bond acceptors (Lipinski definition) is 0. The molecule has 0 N–H and O–H groups in total. The summed E-state index contributed by atoms with van der Waals surface area (Å²) in [6.45, 7) is 4.89. The maximum atomic E-state index is 2.45. The molecule has 27 heavy (non-hydrogen) atoms. The van der Waals surface area contributed by atoms with Gasteiger partial charge in [-0.05, 0) is 66.9 Å². The Morgan fingerprint density at radius 2 is 1.04 bits per heavy atom. The van der Waals surface area contributed by atoms with Gasteiger partial charge in [0.15, 0.2) is 0 Å². The summed E-state index contributed by atoms with van der Waals surface area (Å²) in [5.74, 6) is 1.57. The van der Waals surface area contributed by atoms with Crippen molar-refractivity contribution >= 4 is 15.8 Å². The molecule has 4 rings (SSSR count). The van der Waals surface area contributed by atoms with E-state index in [-0.39, 0.29) is 15.8 Å². The third-order valence-electron chi connectivity index (χ3n) is 6.92. The van der Waals surface area contributed by atoms with Gasteiger partial charge in [0.1, 0.15) is 0 Å². The summed E-state index contributed by atoms with van der Waals surface area (Å²) in [6, 6.07) is 23.0. The van der Waals surface area contributed by atoms with Gasteiger partial charge in [-0.1, -0.05) is 90.4 Å². The van der Waals surface area contributed by atoms with Gasteiger partial charge in [0.25, 0.3) is 0 Å². The molecule has 2 heteroatoms. The fraction of sp³-hybridized carbons (Fsp3) is 0.520. The molecule has 0 aromatic heterocycles. The quantitative estimate of drug-likeness (QED) is 0.429. The Kier molecular flexibility index (Phi) is 6.68. The Hall–Kier alpha value is -0.700. The highest BCUT2D eigenvalue weighted by molar-refractivity contribution is 7.76. The molecular formula is C25H34P2. The molecule has 0 saturated carbocycles. The zero-order chi connectivity index (χ0) is 18.6. The van der Waals surface area contributed by atoms with Crippen molar-refractivity contribution in [2.45, 2.75) is 75.0 Å². The van der Waals surface area contributed by atoms with Gasteiger partial charge >= 0.3 is 0 Å². The summed E-state index contributed by atoms with van der Waals surface area (Å²) in [7, 11) is 0.240. The normalized spacial score (nSPS) is 33.4. The number of benzene rings is 2. The van der Waals surface area contributed by atoms with Gasteiger partial charge in [0.05, 0.1) is 0 Å². The standard InChI is InChI=1S/C25H34P2/c1-3-22-15-17-24(20-11-7-5-8-12-20)26(22)19-27-23(4-2)16-18-25(27)21-13-9-6-10-14-21/h5-14,22-25H,3-4,15-19H2,1-2H3/t22-,23?,24+,25+,26?,27?/m1/s1. The summed E-state index contributed by atoms with van der Waals surface area (Å²) in [5, 5.41) is 0. The van der Waals surface area contributed by atoms with E-state index in [1.54, 1.807) is 17.0 Å². The predicted molar refractivity (Wildman–Crippen MR) is 124 cm³/mol. The first kappa shape index (κ1) is 19.6. The SMILES string of the molecule is CCC1CC[C@@H](c2ccccc2)P1CP1[C@H](CC)CC[C@H]1c1ccccc1. The minimum Gasteiger partial charge on any atom is -0.0914 e. The molecular weight excluding hydrogens is 362 g/mol. The first-order valence-corrected chi connectivity index (χ1v) is 14.3. The monoisotopic (exact) mass is 396 g/mol. The van der Waals surface area contributed by atoms with E-state index < -0.39 is 0 Å². The largest absolute Gasteiger partial charge is 0.0914 e. The molecule has 2 saturated heterocycles. The summed E-state index contributed by atoms with van der Waals surface area (Å²) in [5.41, 5.74) is 7.01. The third-order valence-corrected chi connectivity index (χ3v) is 15.4. The fourth-order valence-corrected chi connectivity index (χ4v) is 15.4. The van der Waals surface area contributed by atoms with Crippen LogP contribution in [0.2, 0.25) is 0 Å². The Balaban J connectivity index is 1.59. The van der Waals surface area contributed by atoms with Crippen LogP contribution in [0.4, 0.5) is 0 Å². The lowest BCUT2D eigenvalue weighted by Crippen LogP contribution is -2.07. The van der Waals surface area contributed by atoms with Crippen molar-refractivity contribution in [1.82, 2.24) is 0 Å². The van der Waals surface area contributed by atoms with E-state index in [1.165, 1.54) is 38.5 Å². The smallest absolute Gasteiger partial charge is 0.00476 e. The first-order valence-electron chi connectivity index (χ1n) is 10.9. The Morgan fingerprint density at radius 3 is 1.41 bits per heavy atom. The van der Waals surface area contributed by atoms with Crippen LogP contribution in [0.15, 0.2) is 60.7 Å². The van der Waals surface area contributed by atoms with Crippen molar-refractivity contribution in [1.29, 1.82) is 0 Å². The Labute approximate surface area is 168 Å². The molecule has 2 heterocycles. The van der Waals surface area contributed by atoms with Crippen LogP contribution in [0.1, 0.15) is 74.8 Å². The zero-order valence-corrected chi connectivity index (χ0v) is 18.7. The fourth-order valence-electron chi connectivity index (χ4n) is 5.43. The second-order valence-electron chi connectivity index (χ2n) is 8.30. The van der Waals surface area contributed by atoms with Crippen LogP contribution >= 0.6 is 15.8 Å². The molecule has 0 nitrogen and oxygen atoms in total. The molecule has 144 valence electrons. The van der Waals surface area contributed by atoms with Crippen molar-refractivity contribution in [3.63, 3.8) is 0 Å². The van der Waals surface area contributed by atoms with Crippen molar-refractivity contribution in [2.75, 3.05) is 5.90 Å². The van der Waals surface area contributed by atoms with Crippen molar-refractivity contribution in [3.8, 4) is 0 Å². The minimum absolute atomic E-state index is 0.120. The molecule has 0 radical (unpaired) electrons. The van der Waals surface area contributed by atoms with E-state index in [0.29, 0.717) is 0 Å². The average molecular weight is 396 g/mol. The van der Waals surface area contributed by atoms with Gasteiger partial charge in [-0.2, -0.15) is 0 Å². The van der Waals surface area contributed by atoms with Crippen molar-refractivity contribution in [3.05, 3.63) is 71.8 Å². The molecule has 0 bridgehead atoms. The summed E-state index contributed by atoms with van der Waals surface area (Å²) in [6.07, 6.45) is 8.60. The van der Waals surface area contributed by atoms with Crippen LogP contribution in [0.5, 0.6) is 0 Å². The summed E-state index contributed by atoms with van der Waals surface area (Å²) >= 11 is 0. The summed E-state index contributed by atoms with van der Waals surface area (Å²) < 4.78 is 0. The lowest BCUT2D eigenvalue weighted by molar-refractivity contribution is 0.722. The van der Waals surface area contributed by atoms with E-state index in [1.807, 2.05) is 0 Å². The van der Waals surface area contributed by atoms with Gasteiger partial charge in [0, 0.05) is 11.3 Å². The van der Waals surface area contributed by atoms with Crippen LogP contribution in [0.3, 0.4) is 0 Å². The lowest BCUT2D eigenvalue weighted by Gasteiger charge is -2.34. The molecule has 2 aliphatic heterocycles. The molecule has 0 aliphatic carbocycles. The van der Waals surface area contributed by atoms with Crippen LogP contribution in [0, 0.1) is 0 Å². The van der Waals surface area contributed by atoms with Crippen LogP contribution < -0.4 is 0 Å². The minimum atomic E-state index is 0.120. The molecule has 2 aromatic carbocycles. The Bertz CT molecular complexity index is 637.